The molecule has 0 radical (unpaired) electrons. The number of hydrogen-bond donors (Lipinski definition) is 2. The van der Waals surface area contributed by atoms with Gasteiger partial charge in [-0.25, -0.2) is 24.5 Å². The second-order valence-corrected chi connectivity index (χ2v) is 13.6. The van der Waals surface area contributed by atoms with Crippen molar-refractivity contribution >= 4 is 45.1 Å². The molecule has 0 aliphatic heterocycles. The summed E-state index contributed by atoms with van der Waals surface area (Å²) < 4.78 is 51.5. The average molecular weight is 742 g/mol. The van der Waals surface area contributed by atoms with E-state index in [1.54, 1.807) is 0 Å². The summed E-state index contributed by atoms with van der Waals surface area (Å²) in [6, 6.07) is 16.4. The van der Waals surface area contributed by atoms with Crippen molar-refractivity contribution in [2.75, 3.05) is 0 Å². The summed E-state index contributed by atoms with van der Waals surface area (Å²) in [5, 5.41) is 8.76. The molecular weight excluding hydrogens is 710 g/mol. The van der Waals surface area contributed by atoms with E-state index in [0.717, 1.165) is 45.5 Å². The minimum absolute atomic E-state index is 0.0000491. The maximum absolute atomic E-state index is 13.3. The molecule has 0 aliphatic rings. The molecule has 0 saturated carbocycles. The van der Waals surface area contributed by atoms with Crippen molar-refractivity contribution in [2.24, 2.45) is 0 Å². The molecule has 260 valence electrons. The number of hydrogen-bond acceptors (Lipinski definition) is 9. The van der Waals surface area contributed by atoms with Crippen molar-refractivity contribution in [3.63, 3.8) is 0 Å². The van der Waals surface area contributed by atoms with E-state index < -0.39 is 32.9 Å². The number of carboxylic acids is 1. The van der Waals surface area contributed by atoms with Gasteiger partial charge in [0.05, 0.1) is 0 Å². The van der Waals surface area contributed by atoms with E-state index in [1.807, 2.05) is 70.5 Å². The van der Waals surface area contributed by atoms with Crippen LogP contribution in [0.5, 0.6) is 23.3 Å². The van der Waals surface area contributed by atoms with Crippen LogP contribution in [0, 0.1) is 47.5 Å². The number of carbonyl (C=O) groups is 2. The Bertz CT molecular complexity index is 2190. The van der Waals surface area contributed by atoms with Crippen LogP contribution in [-0.4, -0.2) is 40.4 Å². The number of sulfonamides is 1. The van der Waals surface area contributed by atoms with Crippen LogP contribution in [-0.2, 0) is 10.0 Å². The van der Waals surface area contributed by atoms with Crippen molar-refractivity contribution in [1.29, 1.82) is 0 Å². The quantitative estimate of drug-likeness (QED) is 0.148. The largest absolute Gasteiger partial charge is 0.477 e. The summed E-state index contributed by atoms with van der Waals surface area (Å²) in [4.78, 5) is 35.1. The van der Waals surface area contributed by atoms with Crippen LogP contribution in [0.4, 0.5) is 4.39 Å². The Morgan fingerprint density at radius 3 is 1.58 bits per heavy atom. The molecule has 1 amide bonds. The van der Waals surface area contributed by atoms with Crippen LogP contribution in [0.3, 0.4) is 0 Å². The number of aromatic carboxylic acids is 1. The summed E-state index contributed by atoms with van der Waals surface area (Å²) >= 11 is 11.8. The van der Waals surface area contributed by atoms with Gasteiger partial charge in [0.2, 0.25) is 17.7 Å². The van der Waals surface area contributed by atoms with E-state index in [1.165, 1.54) is 30.3 Å². The fraction of sp³-hybridized carbons (Fsp3) is 0.171. The maximum atomic E-state index is 13.3. The Labute approximate surface area is 298 Å². The van der Waals surface area contributed by atoms with Crippen LogP contribution >= 0.6 is 23.2 Å². The summed E-state index contributed by atoms with van der Waals surface area (Å²) in [7, 11) is -4.42. The highest BCUT2D eigenvalue weighted by molar-refractivity contribution is 7.90. The third kappa shape index (κ3) is 9.31. The molecule has 3 aromatic heterocycles. The Morgan fingerprint density at radius 1 is 0.700 bits per heavy atom. The van der Waals surface area contributed by atoms with Crippen molar-refractivity contribution < 1.29 is 37.0 Å². The standard InChI is InChI=1S/C20H17ClFN3O4S.C15H14ClNO3/c1-11-9-12(2)18(13(3)10-11)29-20-14(7-8-15(21)23-20)19(26)25-30(27,28)17-6-4-5-16(22)24-17;1-8-6-9(2)13(10(3)7-8)20-14-11(15(18)19)4-5-12(16)17-14/h4-10H,1-3H3,(H,25,26);4-7H,1-3H3,(H,18,19). The van der Waals surface area contributed by atoms with Crippen LogP contribution in [0.25, 0.3) is 0 Å². The first kappa shape index (κ1) is 37.7. The minimum atomic E-state index is -4.42. The van der Waals surface area contributed by atoms with Crippen molar-refractivity contribution in [1.82, 2.24) is 19.7 Å². The summed E-state index contributed by atoms with van der Waals surface area (Å²) in [5.41, 5.74) is 5.40. The Morgan fingerprint density at radius 2 is 1.14 bits per heavy atom. The number of rotatable bonds is 8. The molecule has 0 saturated heterocycles. The van der Waals surface area contributed by atoms with E-state index in [4.69, 9.17) is 37.8 Å². The lowest BCUT2D eigenvalue weighted by molar-refractivity contribution is 0.0693. The second-order valence-electron chi connectivity index (χ2n) is 11.2. The first-order valence-electron chi connectivity index (χ1n) is 14.7. The van der Waals surface area contributed by atoms with Crippen molar-refractivity contribution in [2.45, 2.75) is 46.6 Å². The molecule has 0 spiro atoms. The predicted octanol–water partition coefficient (Wildman–Crippen LogP) is 8.26. The number of pyridine rings is 3. The minimum Gasteiger partial charge on any atom is -0.477 e. The number of ether oxygens (including phenoxy) is 2. The first-order chi connectivity index (χ1) is 23.4. The van der Waals surface area contributed by atoms with E-state index in [0.29, 0.717) is 11.5 Å². The highest BCUT2D eigenvalue weighted by atomic mass is 35.5. The number of halogens is 3. The SMILES string of the molecule is Cc1cc(C)c(Oc2nc(Cl)ccc2C(=O)NS(=O)(=O)c2cccc(F)n2)c(C)c1.Cc1cc(C)c(Oc2nc(Cl)ccc2C(=O)O)c(C)c1. The molecule has 0 unspecified atom stereocenters. The number of aryl methyl sites for hydroxylation is 6. The number of benzene rings is 2. The Kier molecular flexibility index (Phi) is 11.8. The third-order valence-electron chi connectivity index (χ3n) is 6.93. The zero-order chi connectivity index (χ0) is 36.9. The van der Waals surface area contributed by atoms with Gasteiger partial charge in [0, 0.05) is 0 Å². The molecule has 2 N–H and O–H groups in total. The van der Waals surface area contributed by atoms with Gasteiger partial charge in [0.25, 0.3) is 15.9 Å². The Hall–Kier alpha value is -5.11. The van der Waals surface area contributed by atoms with Gasteiger partial charge in [-0.05, 0) is 100 Å². The van der Waals surface area contributed by atoms with E-state index in [-0.39, 0.29) is 33.2 Å². The second kappa shape index (κ2) is 15.6. The van der Waals surface area contributed by atoms with E-state index in [9.17, 15) is 22.4 Å². The van der Waals surface area contributed by atoms with Crippen LogP contribution in [0.2, 0.25) is 10.3 Å². The van der Waals surface area contributed by atoms with Crippen molar-refractivity contribution in [3.05, 3.63) is 127 Å². The third-order valence-corrected chi connectivity index (χ3v) is 8.58. The van der Waals surface area contributed by atoms with Crippen molar-refractivity contribution in [3.8, 4) is 23.3 Å². The monoisotopic (exact) mass is 740 g/mol. The Balaban J connectivity index is 0.000000244. The molecule has 0 fully saturated rings. The average Bonchev–Trinajstić information content (AvgIpc) is 3.00. The fourth-order valence-corrected chi connectivity index (χ4v) is 6.15. The highest BCUT2D eigenvalue weighted by Crippen LogP contribution is 2.33. The number of amides is 1. The molecule has 5 aromatic rings. The van der Waals surface area contributed by atoms with Crippen LogP contribution in [0.1, 0.15) is 54.1 Å². The molecule has 0 atom stereocenters. The van der Waals surface area contributed by atoms with Gasteiger partial charge in [0.1, 0.15) is 32.9 Å². The van der Waals surface area contributed by atoms with Crippen LogP contribution in [0.15, 0.2) is 71.8 Å². The normalized spacial score (nSPS) is 10.9. The number of carboxylic acid groups (broad SMARTS) is 1. The molecule has 0 bridgehead atoms. The molecule has 5 rings (SSSR count). The number of nitrogens with one attached hydrogen (secondary N) is 1. The summed E-state index contributed by atoms with van der Waals surface area (Å²) in [6.45, 7) is 11.4. The first-order valence-corrected chi connectivity index (χ1v) is 17.0. The van der Waals surface area contributed by atoms with Gasteiger partial charge in [-0.15, -0.1) is 0 Å². The molecular formula is C35H31Cl2FN4O7S. The topological polar surface area (TPSA) is 158 Å². The lowest BCUT2D eigenvalue weighted by Gasteiger charge is -2.15. The zero-order valence-corrected chi connectivity index (χ0v) is 30.0. The van der Waals surface area contributed by atoms with Crippen LogP contribution < -0.4 is 14.2 Å². The molecule has 2 aromatic carbocycles. The van der Waals surface area contributed by atoms with Gasteiger partial charge in [-0.1, -0.05) is 64.7 Å². The van der Waals surface area contributed by atoms with Gasteiger partial charge in [-0.2, -0.15) is 12.8 Å². The molecule has 15 heteroatoms. The summed E-state index contributed by atoms with van der Waals surface area (Å²) in [5.74, 6) is -2.22. The fourth-order valence-electron chi connectivity index (χ4n) is 4.94. The highest BCUT2D eigenvalue weighted by Gasteiger charge is 2.25. The van der Waals surface area contributed by atoms with E-state index >= 15 is 0 Å². The summed E-state index contributed by atoms with van der Waals surface area (Å²) in [6.07, 6.45) is 0. The lowest BCUT2D eigenvalue weighted by Crippen LogP contribution is -2.31. The maximum Gasteiger partial charge on any atom is 0.341 e. The zero-order valence-electron chi connectivity index (χ0n) is 27.6. The number of carbonyl (C=O) groups excluding carboxylic acids is 1. The predicted molar refractivity (Wildman–Crippen MR) is 186 cm³/mol. The number of nitrogens with zero attached hydrogens (tertiary/aromatic N) is 3. The van der Waals surface area contributed by atoms with E-state index in [2.05, 4.69) is 15.0 Å². The molecule has 50 heavy (non-hydrogen) atoms. The lowest BCUT2D eigenvalue weighted by atomic mass is 10.1. The smallest absolute Gasteiger partial charge is 0.341 e. The van der Waals surface area contributed by atoms with Gasteiger partial charge in [-0.3, -0.25) is 4.79 Å². The molecule has 0 aliphatic carbocycles. The molecule has 11 nitrogen and oxygen atoms in total. The molecule has 3 heterocycles. The van der Waals surface area contributed by atoms with Gasteiger partial charge in [0.15, 0.2) is 5.03 Å². The van der Waals surface area contributed by atoms with Gasteiger partial charge < -0.3 is 14.6 Å². The van der Waals surface area contributed by atoms with Gasteiger partial charge >= 0.3 is 5.97 Å². The number of aromatic nitrogens is 3.